The standard InChI is InChI=1S/C17H18N4O/c1-18-11-5-6-14-13(10-11)17(22)21-9-7-15-12(16(21)19-14)4-3-8-20(15)2/h5-6,10,12,15H,3-4,7-9H2,2H3/t12-,15-/m1/s1. The Morgan fingerprint density at radius 1 is 1.32 bits per heavy atom. The van der Waals surface area contributed by atoms with E-state index in [2.05, 4.69) is 16.8 Å². The number of piperidine rings is 1. The molecule has 1 saturated heterocycles. The van der Waals surface area contributed by atoms with Crippen molar-refractivity contribution in [2.45, 2.75) is 37.8 Å². The number of hydrogen-bond acceptors (Lipinski definition) is 3. The average molecular weight is 294 g/mol. The lowest BCUT2D eigenvalue weighted by molar-refractivity contribution is 0.123. The maximum atomic E-state index is 12.8. The molecule has 1 aromatic heterocycles. The molecule has 2 aliphatic rings. The summed E-state index contributed by atoms with van der Waals surface area (Å²) in [5.74, 6) is 1.29. The summed E-state index contributed by atoms with van der Waals surface area (Å²) in [4.78, 5) is 23.4. The van der Waals surface area contributed by atoms with Gasteiger partial charge in [-0.15, -0.1) is 0 Å². The highest BCUT2D eigenvalue weighted by molar-refractivity contribution is 5.81. The molecule has 2 aromatic rings. The lowest BCUT2D eigenvalue weighted by Gasteiger charge is -2.42. The highest BCUT2D eigenvalue weighted by atomic mass is 16.1. The van der Waals surface area contributed by atoms with Crippen LogP contribution >= 0.6 is 0 Å². The van der Waals surface area contributed by atoms with Gasteiger partial charge in [0.2, 0.25) is 0 Å². The van der Waals surface area contributed by atoms with Gasteiger partial charge >= 0.3 is 0 Å². The van der Waals surface area contributed by atoms with E-state index >= 15 is 0 Å². The summed E-state index contributed by atoms with van der Waals surface area (Å²) in [6.07, 6.45) is 3.26. The molecule has 0 saturated carbocycles. The van der Waals surface area contributed by atoms with Crippen molar-refractivity contribution in [3.63, 3.8) is 0 Å². The van der Waals surface area contributed by atoms with Crippen molar-refractivity contribution in [3.05, 3.63) is 45.8 Å². The van der Waals surface area contributed by atoms with Gasteiger partial charge in [-0.2, -0.15) is 0 Å². The molecule has 4 rings (SSSR count). The number of rotatable bonds is 0. The summed E-state index contributed by atoms with van der Waals surface area (Å²) < 4.78 is 1.84. The van der Waals surface area contributed by atoms with Crippen molar-refractivity contribution in [2.24, 2.45) is 0 Å². The molecule has 0 unspecified atom stereocenters. The van der Waals surface area contributed by atoms with Crippen LogP contribution in [-0.4, -0.2) is 34.1 Å². The number of hydrogen-bond donors (Lipinski definition) is 0. The molecular formula is C17H18N4O. The van der Waals surface area contributed by atoms with Crippen LogP contribution in [0.15, 0.2) is 23.0 Å². The fourth-order valence-corrected chi connectivity index (χ4v) is 4.00. The van der Waals surface area contributed by atoms with Crippen LogP contribution in [0.2, 0.25) is 0 Å². The van der Waals surface area contributed by atoms with Crippen molar-refractivity contribution >= 4 is 16.6 Å². The van der Waals surface area contributed by atoms with Crippen LogP contribution in [0.1, 0.15) is 31.0 Å². The summed E-state index contributed by atoms with van der Waals surface area (Å²) in [5, 5.41) is 0.569. The average Bonchev–Trinajstić information content (AvgIpc) is 2.55. The monoisotopic (exact) mass is 294 g/mol. The molecule has 2 aliphatic heterocycles. The largest absolute Gasteiger partial charge is 0.303 e. The van der Waals surface area contributed by atoms with Crippen molar-refractivity contribution < 1.29 is 0 Å². The first-order chi connectivity index (χ1) is 10.7. The second-order valence-electron chi connectivity index (χ2n) is 6.33. The van der Waals surface area contributed by atoms with E-state index in [1.165, 1.54) is 0 Å². The van der Waals surface area contributed by atoms with Gasteiger partial charge in [-0.05, 0) is 45.0 Å². The number of nitrogens with zero attached hydrogens (tertiary/aromatic N) is 4. The first-order valence-corrected chi connectivity index (χ1v) is 7.81. The van der Waals surface area contributed by atoms with Crippen LogP contribution in [0.5, 0.6) is 0 Å². The molecule has 0 bridgehead atoms. The van der Waals surface area contributed by atoms with E-state index in [9.17, 15) is 4.79 Å². The fourth-order valence-electron chi connectivity index (χ4n) is 4.00. The molecule has 5 heteroatoms. The summed E-state index contributed by atoms with van der Waals surface area (Å²) in [6.45, 7) is 8.97. The highest BCUT2D eigenvalue weighted by Crippen LogP contribution is 2.36. The summed E-state index contributed by atoms with van der Waals surface area (Å²) in [5.41, 5.74) is 1.23. The third kappa shape index (κ3) is 1.87. The number of aromatic nitrogens is 2. The van der Waals surface area contributed by atoms with E-state index in [0.717, 1.165) is 43.7 Å². The highest BCUT2D eigenvalue weighted by Gasteiger charge is 2.36. The predicted molar refractivity (Wildman–Crippen MR) is 85.3 cm³/mol. The lowest BCUT2D eigenvalue weighted by atomic mass is 9.84. The molecule has 3 heterocycles. The van der Waals surface area contributed by atoms with Crippen LogP contribution < -0.4 is 5.56 Å². The van der Waals surface area contributed by atoms with E-state index in [-0.39, 0.29) is 5.56 Å². The zero-order valence-electron chi connectivity index (χ0n) is 12.6. The topological polar surface area (TPSA) is 42.5 Å². The maximum absolute atomic E-state index is 12.8. The van der Waals surface area contributed by atoms with Crippen LogP contribution in [0, 0.1) is 6.57 Å². The van der Waals surface area contributed by atoms with Crippen molar-refractivity contribution in [2.75, 3.05) is 13.6 Å². The van der Waals surface area contributed by atoms with Gasteiger partial charge in [0.25, 0.3) is 5.56 Å². The van der Waals surface area contributed by atoms with Gasteiger partial charge in [-0.3, -0.25) is 9.36 Å². The normalized spacial score (nSPS) is 24.5. The Balaban J connectivity index is 1.93. The molecule has 2 atom stereocenters. The van der Waals surface area contributed by atoms with Gasteiger partial charge < -0.3 is 4.90 Å². The minimum atomic E-state index is 0.0113. The summed E-state index contributed by atoms with van der Waals surface area (Å²) in [6, 6.07) is 5.72. The quantitative estimate of drug-likeness (QED) is 0.701. The van der Waals surface area contributed by atoms with E-state index in [4.69, 9.17) is 11.6 Å². The first-order valence-electron chi connectivity index (χ1n) is 7.81. The molecule has 112 valence electrons. The van der Waals surface area contributed by atoms with Gasteiger partial charge in [0.15, 0.2) is 5.69 Å². The van der Waals surface area contributed by atoms with E-state index in [1.807, 2.05) is 4.57 Å². The minimum Gasteiger partial charge on any atom is -0.303 e. The van der Waals surface area contributed by atoms with Crippen LogP contribution in [-0.2, 0) is 6.54 Å². The van der Waals surface area contributed by atoms with Gasteiger partial charge in [0, 0.05) is 18.5 Å². The predicted octanol–water partition coefficient (Wildman–Crippen LogP) is 2.53. The molecule has 0 amide bonds. The second kappa shape index (κ2) is 4.92. The number of likely N-dealkylation sites (N-methyl/N-ethyl adjacent to an activating group) is 1. The Morgan fingerprint density at radius 3 is 3.00 bits per heavy atom. The van der Waals surface area contributed by atoms with Crippen LogP contribution in [0.3, 0.4) is 0 Å². The molecule has 1 fully saturated rings. The smallest absolute Gasteiger partial charge is 0.260 e. The Bertz CT molecular complexity index is 848. The zero-order chi connectivity index (χ0) is 15.3. The van der Waals surface area contributed by atoms with Gasteiger partial charge in [-0.1, -0.05) is 6.07 Å². The van der Waals surface area contributed by atoms with Crippen LogP contribution in [0.4, 0.5) is 5.69 Å². The van der Waals surface area contributed by atoms with E-state index in [1.54, 1.807) is 18.2 Å². The molecule has 0 N–H and O–H groups in total. The van der Waals surface area contributed by atoms with Crippen molar-refractivity contribution in [1.29, 1.82) is 0 Å². The summed E-state index contributed by atoms with van der Waals surface area (Å²) >= 11 is 0. The Morgan fingerprint density at radius 2 is 2.18 bits per heavy atom. The van der Waals surface area contributed by atoms with E-state index in [0.29, 0.717) is 23.0 Å². The zero-order valence-corrected chi connectivity index (χ0v) is 12.6. The Hall–Kier alpha value is -2.19. The van der Waals surface area contributed by atoms with E-state index < -0.39 is 0 Å². The van der Waals surface area contributed by atoms with Crippen LogP contribution in [0.25, 0.3) is 15.7 Å². The minimum absolute atomic E-state index is 0.0113. The number of fused-ring (bicyclic) bond motifs is 4. The molecular weight excluding hydrogens is 276 g/mol. The maximum Gasteiger partial charge on any atom is 0.260 e. The third-order valence-electron chi connectivity index (χ3n) is 5.13. The molecule has 0 spiro atoms. The number of likely N-dealkylation sites (tertiary alicyclic amines) is 1. The van der Waals surface area contributed by atoms with Gasteiger partial charge in [0.1, 0.15) is 5.82 Å². The third-order valence-corrected chi connectivity index (χ3v) is 5.13. The van der Waals surface area contributed by atoms with Crippen molar-refractivity contribution in [1.82, 2.24) is 14.5 Å². The first kappa shape index (κ1) is 13.5. The molecule has 1 aromatic carbocycles. The Labute approximate surface area is 129 Å². The fraction of sp³-hybridized carbons (Fsp3) is 0.471. The van der Waals surface area contributed by atoms with Gasteiger partial charge in [-0.25, -0.2) is 9.83 Å². The van der Waals surface area contributed by atoms with Crippen molar-refractivity contribution in [3.8, 4) is 0 Å². The summed E-state index contributed by atoms with van der Waals surface area (Å²) in [7, 11) is 2.17. The number of benzene rings is 1. The molecule has 22 heavy (non-hydrogen) atoms. The SMILES string of the molecule is [C-]#[N+]c1ccc2nc3n(c(=O)c2c1)CC[C@@H]1[C@H]3CCCN1C. The molecule has 0 aliphatic carbocycles. The lowest BCUT2D eigenvalue weighted by Crippen LogP contribution is -2.47. The second-order valence-corrected chi connectivity index (χ2v) is 6.33. The van der Waals surface area contributed by atoms with Gasteiger partial charge in [0.05, 0.1) is 17.5 Å². The molecule has 5 nitrogen and oxygen atoms in total. The molecule has 0 radical (unpaired) electrons. The Kier molecular flexibility index (Phi) is 3.02.